The molecule has 0 bridgehead atoms. The Kier molecular flexibility index (Phi) is 9.27. The van der Waals surface area contributed by atoms with Crippen molar-refractivity contribution in [1.29, 1.82) is 0 Å². The molecule has 0 radical (unpaired) electrons. The van der Waals surface area contributed by atoms with Crippen LogP contribution in [0.2, 0.25) is 0 Å². The zero-order chi connectivity index (χ0) is 34.4. The van der Waals surface area contributed by atoms with Gasteiger partial charge < -0.3 is 10.2 Å². The van der Waals surface area contributed by atoms with E-state index in [2.05, 4.69) is 0 Å². The number of anilines is 1. The van der Waals surface area contributed by atoms with Crippen molar-refractivity contribution in [3.05, 3.63) is 95.3 Å². The predicted molar refractivity (Wildman–Crippen MR) is 157 cm³/mol. The Labute approximate surface area is 266 Å². The van der Waals surface area contributed by atoms with E-state index in [1.165, 1.54) is 0 Å². The third-order valence-electron chi connectivity index (χ3n) is 9.25. The normalized spacial score (nSPS) is 22.5. The number of halogens is 7. The summed E-state index contributed by atoms with van der Waals surface area (Å²) in [6.45, 7) is 0. The molecular weight excluding hydrogens is 655 g/mol. The largest absolute Gasteiger partial charge is 0.430 e. The maximum Gasteiger partial charge on any atom is 0.430 e. The molecule has 5 rings (SSSR count). The second-order valence-electron chi connectivity index (χ2n) is 12.2. The number of hydrogen-bond donors (Lipinski definition) is 2. The van der Waals surface area contributed by atoms with Crippen LogP contribution < -0.4 is 4.31 Å². The van der Waals surface area contributed by atoms with Gasteiger partial charge in [0.1, 0.15) is 11.6 Å². The molecule has 1 fully saturated rings. The van der Waals surface area contributed by atoms with Crippen molar-refractivity contribution in [1.82, 2.24) is 0 Å². The number of fused-ring (bicyclic) bond motifs is 1. The molecule has 0 saturated heterocycles. The van der Waals surface area contributed by atoms with Gasteiger partial charge in [-0.3, -0.25) is 9.10 Å². The van der Waals surface area contributed by atoms with Crippen LogP contribution in [0.15, 0.2) is 77.7 Å². The smallest absolute Gasteiger partial charge is 0.385 e. The molecule has 1 aliphatic carbocycles. The number of alkyl halides is 6. The van der Waals surface area contributed by atoms with Crippen LogP contribution in [0.5, 0.6) is 0 Å². The molecule has 6 nitrogen and oxygen atoms in total. The molecule has 3 atom stereocenters. The third kappa shape index (κ3) is 6.39. The van der Waals surface area contributed by atoms with E-state index in [4.69, 9.17) is 0 Å². The first-order valence-corrected chi connectivity index (χ1v) is 16.4. The number of sulfonamides is 1. The predicted octanol–water partition coefficient (Wildman–Crippen LogP) is 7.08. The zero-order valence-corrected chi connectivity index (χ0v) is 25.7. The maximum atomic E-state index is 14.0. The molecular formula is C33H32F7NO5S. The number of nitrogens with zero attached hydrogens (tertiary/aromatic N) is 1. The number of benzene rings is 3. The topological polar surface area (TPSA) is 94.9 Å². The highest BCUT2D eigenvalue weighted by molar-refractivity contribution is 7.92. The average Bonchev–Trinajstić information content (AvgIpc) is 3.01. The van der Waals surface area contributed by atoms with E-state index >= 15 is 0 Å². The molecule has 0 amide bonds. The monoisotopic (exact) mass is 687 g/mol. The highest BCUT2D eigenvalue weighted by Crippen LogP contribution is 2.51. The molecule has 254 valence electrons. The molecule has 1 aliphatic heterocycles. The number of carbonyl (C=O) groups excluding carboxylic acids is 1. The van der Waals surface area contributed by atoms with Gasteiger partial charge in [0, 0.05) is 18.4 Å². The lowest BCUT2D eigenvalue weighted by Gasteiger charge is -2.41. The minimum atomic E-state index is -6.15. The number of aryl methyl sites for hydroxylation is 1. The Hall–Kier alpha value is -3.49. The molecule has 0 aromatic heterocycles. The molecule has 47 heavy (non-hydrogen) atoms. The van der Waals surface area contributed by atoms with E-state index in [0.717, 1.165) is 47.5 Å². The van der Waals surface area contributed by atoms with Gasteiger partial charge in [-0.15, -0.1) is 0 Å². The fraction of sp³-hybridized carbons (Fsp3) is 0.424. The lowest BCUT2D eigenvalue weighted by molar-refractivity contribution is -0.376. The Morgan fingerprint density at radius 1 is 0.872 bits per heavy atom. The number of rotatable bonds is 8. The van der Waals surface area contributed by atoms with Gasteiger partial charge in [-0.05, 0) is 73.1 Å². The van der Waals surface area contributed by atoms with Crippen LogP contribution in [0.1, 0.15) is 61.6 Å². The van der Waals surface area contributed by atoms with E-state index in [-0.39, 0.29) is 42.7 Å². The van der Waals surface area contributed by atoms with E-state index in [0.29, 0.717) is 30.5 Å². The SMILES string of the molecule is O=C(C[C@@H]1CCc2cc(C(O)(C(F)(F)F)C(F)(F)F)ccc2N1S(=O)(=O)c1ccc(F)cc1)C[C@H]1CCCCC1(O)c1ccccc1. The average molecular weight is 688 g/mol. The van der Waals surface area contributed by atoms with Crippen LogP contribution >= 0.6 is 0 Å². The third-order valence-corrected chi connectivity index (χ3v) is 11.1. The highest BCUT2D eigenvalue weighted by Gasteiger charge is 2.71. The van der Waals surface area contributed by atoms with Crippen LogP contribution in [0.4, 0.5) is 36.4 Å². The van der Waals surface area contributed by atoms with Crippen LogP contribution in [0, 0.1) is 11.7 Å². The molecule has 1 heterocycles. The molecule has 14 heteroatoms. The number of ketones is 1. The van der Waals surface area contributed by atoms with Gasteiger partial charge in [-0.1, -0.05) is 55.3 Å². The Balaban J connectivity index is 1.51. The second kappa shape index (κ2) is 12.5. The van der Waals surface area contributed by atoms with Gasteiger partial charge in [0.05, 0.1) is 22.2 Å². The fourth-order valence-electron chi connectivity index (χ4n) is 6.81. The molecule has 1 saturated carbocycles. The van der Waals surface area contributed by atoms with Gasteiger partial charge in [0.25, 0.3) is 15.6 Å². The summed E-state index contributed by atoms with van der Waals surface area (Å²) in [6, 6.07) is 13.0. The van der Waals surface area contributed by atoms with E-state index in [1.54, 1.807) is 30.3 Å². The van der Waals surface area contributed by atoms with E-state index in [1.807, 2.05) is 0 Å². The summed E-state index contributed by atoms with van der Waals surface area (Å²) in [5.74, 6) is -1.62. The molecule has 3 aromatic carbocycles. The molecule has 2 aliphatic rings. The van der Waals surface area contributed by atoms with Crippen molar-refractivity contribution in [2.75, 3.05) is 4.31 Å². The summed E-state index contributed by atoms with van der Waals surface area (Å²) < 4.78 is 124. The van der Waals surface area contributed by atoms with Crippen molar-refractivity contribution >= 4 is 21.5 Å². The first-order chi connectivity index (χ1) is 21.9. The number of aliphatic hydroxyl groups is 2. The van der Waals surface area contributed by atoms with Gasteiger partial charge in [-0.25, -0.2) is 12.8 Å². The summed E-state index contributed by atoms with van der Waals surface area (Å²) in [5.41, 5.74) is -7.90. The van der Waals surface area contributed by atoms with Crippen molar-refractivity contribution in [2.45, 2.75) is 85.9 Å². The standard InChI is InChI=1S/C33H32F7NO5S/c34-25-11-14-28(15-12-25)47(45,46)41-26(20-27(42)19-23-8-4-5-17-30(23,43)22-6-2-1-3-7-22)13-9-21-18-24(10-16-29(21)41)31(44,32(35,36)37)33(38,39)40/h1-3,6-7,10-12,14-16,18,23,26,43-44H,4-5,8-9,13,17,19-20H2/t23-,26+,30?/m1/s1. The second-order valence-corrected chi connectivity index (χ2v) is 14.0. The lowest BCUT2D eigenvalue weighted by atomic mass is 9.69. The van der Waals surface area contributed by atoms with Crippen LogP contribution in [-0.2, 0) is 32.4 Å². The fourth-order valence-corrected chi connectivity index (χ4v) is 8.52. The summed E-state index contributed by atoms with van der Waals surface area (Å²) in [7, 11) is -4.63. The van der Waals surface area contributed by atoms with Crippen molar-refractivity contribution in [2.24, 2.45) is 5.92 Å². The summed E-state index contributed by atoms with van der Waals surface area (Å²) in [5, 5.41) is 21.6. The van der Waals surface area contributed by atoms with Gasteiger partial charge in [0.2, 0.25) is 0 Å². The van der Waals surface area contributed by atoms with Crippen molar-refractivity contribution in [3.63, 3.8) is 0 Å². The van der Waals surface area contributed by atoms with Gasteiger partial charge >= 0.3 is 12.4 Å². The Morgan fingerprint density at radius 2 is 1.51 bits per heavy atom. The van der Waals surface area contributed by atoms with E-state index < -0.39 is 61.8 Å². The minimum absolute atomic E-state index is 0.0949. The molecule has 2 N–H and O–H groups in total. The quantitative estimate of drug-likeness (QED) is 0.247. The molecule has 1 unspecified atom stereocenters. The summed E-state index contributed by atoms with van der Waals surface area (Å²) >= 11 is 0. The number of carbonyl (C=O) groups is 1. The molecule has 0 spiro atoms. The Bertz CT molecular complexity index is 1700. The Morgan fingerprint density at radius 3 is 2.13 bits per heavy atom. The van der Waals surface area contributed by atoms with Crippen molar-refractivity contribution < 1.29 is 54.2 Å². The maximum absolute atomic E-state index is 14.0. The van der Waals surface area contributed by atoms with Crippen LogP contribution in [0.3, 0.4) is 0 Å². The summed E-state index contributed by atoms with van der Waals surface area (Å²) in [6.07, 6.45) is -10.7. The van der Waals surface area contributed by atoms with Gasteiger partial charge in [-0.2, -0.15) is 26.3 Å². The van der Waals surface area contributed by atoms with Crippen molar-refractivity contribution in [3.8, 4) is 0 Å². The minimum Gasteiger partial charge on any atom is -0.385 e. The summed E-state index contributed by atoms with van der Waals surface area (Å²) in [4.78, 5) is 13.2. The zero-order valence-electron chi connectivity index (χ0n) is 24.9. The first kappa shape index (κ1) is 34.8. The highest BCUT2D eigenvalue weighted by atomic mass is 32.2. The first-order valence-electron chi connectivity index (χ1n) is 15.0. The van der Waals surface area contributed by atoms with Gasteiger partial charge in [0.15, 0.2) is 0 Å². The number of hydrogen-bond acceptors (Lipinski definition) is 5. The lowest BCUT2D eigenvalue weighted by Crippen LogP contribution is -2.54. The molecule has 3 aromatic rings. The van der Waals surface area contributed by atoms with Crippen LogP contribution in [-0.4, -0.2) is 42.8 Å². The van der Waals surface area contributed by atoms with E-state index in [9.17, 15) is 54.2 Å². The van der Waals surface area contributed by atoms with Crippen LogP contribution in [0.25, 0.3) is 0 Å². The number of Topliss-reactive ketones (excluding diaryl/α,β-unsaturated/α-hetero) is 1.